The van der Waals surface area contributed by atoms with E-state index in [2.05, 4.69) is 0 Å². The average Bonchev–Trinajstić information content (AvgIpc) is 2.91. The van der Waals surface area contributed by atoms with Crippen molar-refractivity contribution in [2.24, 2.45) is 0 Å². The van der Waals surface area contributed by atoms with Gasteiger partial charge in [0.25, 0.3) is 0 Å². The van der Waals surface area contributed by atoms with E-state index in [1.54, 1.807) is 12.1 Å². The first kappa shape index (κ1) is 13.7. The molecule has 1 aromatic heterocycles. The Morgan fingerprint density at radius 1 is 1.10 bits per heavy atom. The lowest BCUT2D eigenvalue weighted by atomic mass is 10.2. The first-order chi connectivity index (χ1) is 10.1. The van der Waals surface area contributed by atoms with E-state index in [0.717, 1.165) is 5.39 Å². The van der Waals surface area contributed by atoms with Crippen molar-refractivity contribution < 1.29 is 17.8 Å². The molecule has 5 heteroatoms. The van der Waals surface area contributed by atoms with Gasteiger partial charge < -0.3 is 4.42 Å². The lowest BCUT2D eigenvalue weighted by molar-refractivity contribution is 0.0993. The molecule has 0 spiro atoms. The van der Waals surface area contributed by atoms with Gasteiger partial charge in [-0.25, -0.2) is 4.39 Å². The first-order valence-electron chi connectivity index (χ1n) is 6.29. The molecule has 1 unspecified atom stereocenters. The van der Waals surface area contributed by atoms with E-state index in [9.17, 15) is 13.4 Å². The number of fused-ring (bicyclic) bond motifs is 1. The SMILES string of the molecule is O=C(CS(=O)c1cccc(F)c1)c1cc2ccccc2o1. The normalized spacial score (nSPS) is 12.4. The van der Waals surface area contributed by atoms with Crippen LogP contribution in [0, 0.1) is 5.82 Å². The van der Waals surface area contributed by atoms with Crippen molar-refractivity contribution >= 4 is 27.6 Å². The zero-order valence-corrected chi connectivity index (χ0v) is 11.7. The summed E-state index contributed by atoms with van der Waals surface area (Å²) >= 11 is 0. The maximum atomic E-state index is 13.1. The molecule has 0 saturated heterocycles. The largest absolute Gasteiger partial charge is 0.453 e. The van der Waals surface area contributed by atoms with Crippen molar-refractivity contribution in [3.05, 3.63) is 66.2 Å². The monoisotopic (exact) mass is 302 g/mol. The maximum Gasteiger partial charge on any atom is 0.210 e. The Morgan fingerprint density at radius 3 is 2.67 bits per heavy atom. The molecule has 3 aromatic rings. The molecule has 0 fully saturated rings. The van der Waals surface area contributed by atoms with Gasteiger partial charge in [0.2, 0.25) is 5.78 Å². The van der Waals surface area contributed by atoms with Crippen molar-refractivity contribution in [1.82, 2.24) is 0 Å². The summed E-state index contributed by atoms with van der Waals surface area (Å²) in [5, 5.41) is 0.817. The Morgan fingerprint density at radius 2 is 1.90 bits per heavy atom. The average molecular weight is 302 g/mol. The van der Waals surface area contributed by atoms with Crippen molar-refractivity contribution in [3.8, 4) is 0 Å². The van der Waals surface area contributed by atoms with E-state index in [1.807, 2.05) is 18.2 Å². The van der Waals surface area contributed by atoms with Crippen LogP contribution in [0.3, 0.4) is 0 Å². The van der Waals surface area contributed by atoms with Crippen LogP contribution < -0.4 is 0 Å². The van der Waals surface area contributed by atoms with Crippen LogP contribution in [0.5, 0.6) is 0 Å². The Labute approximate surface area is 122 Å². The van der Waals surface area contributed by atoms with E-state index in [1.165, 1.54) is 24.3 Å². The molecule has 0 aliphatic rings. The second-order valence-electron chi connectivity index (χ2n) is 4.52. The maximum absolute atomic E-state index is 13.1. The molecule has 1 heterocycles. The minimum Gasteiger partial charge on any atom is -0.453 e. The van der Waals surface area contributed by atoms with Gasteiger partial charge in [-0.15, -0.1) is 0 Å². The number of benzene rings is 2. The van der Waals surface area contributed by atoms with Gasteiger partial charge >= 0.3 is 0 Å². The molecule has 0 amide bonds. The number of hydrogen-bond donors (Lipinski definition) is 0. The van der Waals surface area contributed by atoms with Crippen molar-refractivity contribution in [3.63, 3.8) is 0 Å². The van der Waals surface area contributed by atoms with Gasteiger partial charge in [0.05, 0.1) is 16.6 Å². The smallest absolute Gasteiger partial charge is 0.210 e. The predicted octanol–water partition coefficient (Wildman–Crippen LogP) is 3.56. The third-order valence-corrected chi connectivity index (χ3v) is 4.33. The lowest BCUT2D eigenvalue weighted by Crippen LogP contribution is -2.10. The highest BCUT2D eigenvalue weighted by Gasteiger charge is 2.16. The summed E-state index contributed by atoms with van der Waals surface area (Å²) in [5.41, 5.74) is 0.609. The minimum atomic E-state index is -1.60. The van der Waals surface area contributed by atoms with Crippen molar-refractivity contribution in [2.45, 2.75) is 4.90 Å². The zero-order chi connectivity index (χ0) is 14.8. The Bertz CT molecular complexity index is 805. The molecule has 0 aliphatic carbocycles. The van der Waals surface area contributed by atoms with Crippen molar-refractivity contribution in [1.29, 1.82) is 0 Å². The highest BCUT2D eigenvalue weighted by atomic mass is 32.2. The molecule has 0 aliphatic heterocycles. The van der Waals surface area contributed by atoms with Crippen LogP contribution in [0.1, 0.15) is 10.6 Å². The van der Waals surface area contributed by atoms with Gasteiger partial charge in [-0.3, -0.25) is 9.00 Å². The highest BCUT2D eigenvalue weighted by Crippen LogP contribution is 2.20. The van der Waals surface area contributed by atoms with Gasteiger partial charge in [0.15, 0.2) is 5.76 Å². The van der Waals surface area contributed by atoms with Crippen molar-refractivity contribution in [2.75, 3.05) is 5.75 Å². The second-order valence-corrected chi connectivity index (χ2v) is 5.97. The molecule has 2 aromatic carbocycles. The molecular formula is C16H11FO3S. The van der Waals surface area contributed by atoms with Crippen LogP contribution in [0.25, 0.3) is 11.0 Å². The fraction of sp³-hybridized carbons (Fsp3) is 0.0625. The first-order valence-corrected chi connectivity index (χ1v) is 7.61. The van der Waals surface area contributed by atoms with Gasteiger partial charge in [-0.1, -0.05) is 24.3 Å². The van der Waals surface area contributed by atoms with Gasteiger partial charge in [-0.05, 0) is 30.3 Å². The number of furan rings is 1. The van der Waals surface area contributed by atoms with Crippen LogP contribution in [0.2, 0.25) is 0 Å². The fourth-order valence-electron chi connectivity index (χ4n) is 2.00. The van der Waals surface area contributed by atoms with Crippen LogP contribution in [0.15, 0.2) is 63.9 Å². The Kier molecular flexibility index (Phi) is 3.66. The molecule has 1 atom stereocenters. The van der Waals surface area contributed by atoms with E-state index >= 15 is 0 Å². The number of rotatable bonds is 4. The summed E-state index contributed by atoms with van der Waals surface area (Å²) in [7, 11) is -1.60. The summed E-state index contributed by atoms with van der Waals surface area (Å²) in [6.07, 6.45) is 0. The molecule has 3 rings (SSSR count). The van der Waals surface area contributed by atoms with E-state index < -0.39 is 16.6 Å². The molecular weight excluding hydrogens is 291 g/mol. The summed E-state index contributed by atoms with van der Waals surface area (Å²) in [6, 6.07) is 14.3. The number of carbonyl (C=O) groups is 1. The molecule has 106 valence electrons. The third-order valence-electron chi connectivity index (χ3n) is 3.02. The summed E-state index contributed by atoms with van der Waals surface area (Å²) in [6.45, 7) is 0. The molecule has 0 saturated carbocycles. The van der Waals surface area contributed by atoms with Crippen LogP contribution in [0.4, 0.5) is 4.39 Å². The number of ketones is 1. The third kappa shape index (κ3) is 2.92. The Balaban J connectivity index is 1.81. The highest BCUT2D eigenvalue weighted by molar-refractivity contribution is 7.85. The van der Waals surface area contributed by atoms with Crippen LogP contribution >= 0.6 is 0 Å². The quantitative estimate of drug-likeness (QED) is 0.692. The molecule has 21 heavy (non-hydrogen) atoms. The molecule has 0 N–H and O–H groups in total. The summed E-state index contributed by atoms with van der Waals surface area (Å²) in [4.78, 5) is 12.4. The van der Waals surface area contributed by atoms with E-state index in [4.69, 9.17) is 4.42 Å². The zero-order valence-electron chi connectivity index (χ0n) is 10.9. The van der Waals surface area contributed by atoms with E-state index in [-0.39, 0.29) is 17.3 Å². The molecule has 3 nitrogen and oxygen atoms in total. The van der Waals surface area contributed by atoms with Gasteiger partial charge in [0.1, 0.15) is 11.4 Å². The topological polar surface area (TPSA) is 47.3 Å². The molecule has 0 bridgehead atoms. The minimum absolute atomic E-state index is 0.168. The lowest BCUT2D eigenvalue weighted by Gasteiger charge is -2.00. The van der Waals surface area contributed by atoms with Gasteiger partial charge in [-0.2, -0.15) is 0 Å². The Hall–Kier alpha value is -2.27. The number of carbonyl (C=O) groups excluding carboxylic acids is 1. The molecule has 0 radical (unpaired) electrons. The van der Waals surface area contributed by atoms with Crippen LogP contribution in [-0.2, 0) is 10.8 Å². The summed E-state index contributed by atoms with van der Waals surface area (Å²) in [5.74, 6) is -0.907. The summed E-state index contributed by atoms with van der Waals surface area (Å²) < 4.78 is 30.6. The fourth-order valence-corrected chi connectivity index (χ4v) is 3.02. The van der Waals surface area contributed by atoms with Gasteiger partial charge in [0, 0.05) is 10.3 Å². The number of Topliss-reactive ketones (excluding diaryl/α,β-unsaturated/α-hetero) is 1. The number of hydrogen-bond acceptors (Lipinski definition) is 3. The predicted molar refractivity (Wildman–Crippen MR) is 78.2 cm³/mol. The van der Waals surface area contributed by atoms with Crippen LogP contribution in [-0.4, -0.2) is 15.7 Å². The standard InChI is InChI=1S/C16H11FO3S/c17-12-5-3-6-13(9-12)21(19)10-14(18)16-8-11-4-1-2-7-15(11)20-16/h1-9H,10H2. The van der Waals surface area contributed by atoms with E-state index in [0.29, 0.717) is 10.5 Å². The number of halogens is 1. The second kappa shape index (κ2) is 5.61. The number of para-hydroxylation sites is 1.